The number of cyclic esters (lactones) is 1. The van der Waals surface area contributed by atoms with Crippen LogP contribution in [0, 0.1) is 11.6 Å². The van der Waals surface area contributed by atoms with Crippen LogP contribution >= 0.6 is 0 Å². The predicted octanol–water partition coefficient (Wildman–Crippen LogP) is 2.44. The molecule has 152 valence electrons. The third-order valence-electron chi connectivity index (χ3n) is 5.14. The summed E-state index contributed by atoms with van der Waals surface area (Å²) in [5.74, 6) is -1.90. The van der Waals surface area contributed by atoms with Crippen molar-refractivity contribution >= 4 is 17.7 Å². The maximum atomic E-state index is 14.7. The molecule has 2 heterocycles. The molecular formula is C20H20F2N4O3. The largest absolute Gasteiger partial charge is 0.442 e. The van der Waals surface area contributed by atoms with Crippen LogP contribution in [0.5, 0.6) is 0 Å². The molecular weight excluding hydrogens is 382 g/mol. The molecule has 1 aliphatic heterocycles. The van der Waals surface area contributed by atoms with Gasteiger partial charge in [-0.25, -0.2) is 13.6 Å². The second-order valence-electron chi connectivity index (χ2n) is 7.43. The van der Waals surface area contributed by atoms with Gasteiger partial charge in [-0.05, 0) is 31.0 Å². The van der Waals surface area contributed by atoms with Crippen LogP contribution in [0.15, 0.2) is 30.5 Å². The van der Waals surface area contributed by atoms with Crippen molar-refractivity contribution in [1.29, 1.82) is 0 Å². The molecule has 0 radical (unpaired) electrons. The molecule has 2 aliphatic rings. The van der Waals surface area contributed by atoms with Gasteiger partial charge in [0.25, 0.3) is 0 Å². The number of amides is 2. The highest BCUT2D eigenvalue weighted by atomic mass is 19.1. The first-order chi connectivity index (χ1) is 13.8. The van der Waals surface area contributed by atoms with Gasteiger partial charge in [0, 0.05) is 18.7 Å². The van der Waals surface area contributed by atoms with Gasteiger partial charge in [-0.3, -0.25) is 14.7 Å². The van der Waals surface area contributed by atoms with Crippen LogP contribution in [0.4, 0.5) is 19.3 Å². The fourth-order valence-electron chi connectivity index (χ4n) is 3.31. The first-order valence-electron chi connectivity index (χ1n) is 9.24. The summed E-state index contributed by atoms with van der Waals surface area (Å²) < 4.78 is 34.6. The lowest BCUT2D eigenvalue weighted by atomic mass is 10.0. The normalized spacial score (nSPS) is 19.8. The zero-order valence-corrected chi connectivity index (χ0v) is 15.7. The summed E-state index contributed by atoms with van der Waals surface area (Å²) in [6.45, 7) is 1.55. The third kappa shape index (κ3) is 3.77. The van der Waals surface area contributed by atoms with Crippen LogP contribution < -0.4 is 16.0 Å². The molecule has 0 unspecified atom stereocenters. The number of ether oxygens (including phenoxy) is 1. The molecule has 1 saturated heterocycles. The molecule has 0 bridgehead atoms. The van der Waals surface area contributed by atoms with Crippen molar-refractivity contribution in [2.75, 3.05) is 18.0 Å². The topological polar surface area (TPSA) is 97.5 Å². The molecule has 1 atom stereocenters. The predicted molar refractivity (Wildman–Crippen MR) is 101 cm³/mol. The van der Waals surface area contributed by atoms with Gasteiger partial charge in [-0.15, -0.1) is 0 Å². The Morgan fingerprint density at radius 3 is 2.59 bits per heavy atom. The summed E-state index contributed by atoms with van der Waals surface area (Å²) in [5.41, 5.74) is 6.46. The minimum absolute atomic E-state index is 0.0440. The second kappa shape index (κ2) is 7.07. The van der Waals surface area contributed by atoms with Gasteiger partial charge >= 0.3 is 6.09 Å². The number of aromatic nitrogens is 1. The number of benzene rings is 1. The summed E-state index contributed by atoms with van der Waals surface area (Å²) in [5, 5.41) is 2.55. The van der Waals surface area contributed by atoms with Gasteiger partial charge in [0.05, 0.1) is 35.6 Å². The molecule has 7 nitrogen and oxygen atoms in total. The molecule has 1 aliphatic carbocycles. The lowest BCUT2D eigenvalue weighted by Gasteiger charge is -2.16. The fraction of sp³-hybridized carbons (Fsp3) is 0.350. The highest BCUT2D eigenvalue weighted by Gasteiger charge is 2.41. The Morgan fingerprint density at radius 1 is 1.34 bits per heavy atom. The number of carbonyl (C=O) groups is 2. The maximum Gasteiger partial charge on any atom is 0.414 e. The van der Waals surface area contributed by atoms with Crippen LogP contribution in [0.3, 0.4) is 0 Å². The first kappa shape index (κ1) is 19.3. The number of pyridine rings is 1. The molecule has 1 aromatic carbocycles. The Bertz CT molecular complexity index is 953. The van der Waals surface area contributed by atoms with E-state index in [1.807, 2.05) is 0 Å². The van der Waals surface area contributed by atoms with Gasteiger partial charge in [0.1, 0.15) is 17.7 Å². The molecule has 2 amide bonds. The molecule has 9 heteroatoms. The summed E-state index contributed by atoms with van der Waals surface area (Å²) in [4.78, 5) is 28.5. The SMILES string of the molecule is CC(=O)NC[C@H]1CN(c2cc(F)c(-c3ccc(C4(N)CC4)nc3)c(F)c2)C(=O)O1. The maximum absolute atomic E-state index is 14.7. The Hall–Kier alpha value is -3.07. The van der Waals surface area contributed by atoms with Crippen molar-refractivity contribution in [3.63, 3.8) is 0 Å². The van der Waals surface area contributed by atoms with E-state index in [1.54, 1.807) is 12.1 Å². The zero-order chi connectivity index (χ0) is 20.8. The van der Waals surface area contributed by atoms with E-state index in [9.17, 15) is 18.4 Å². The lowest BCUT2D eigenvalue weighted by Crippen LogP contribution is -2.33. The number of anilines is 1. The van der Waals surface area contributed by atoms with Crippen LogP contribution in [-0.2, 0) is 15.1 Å². The molecule has 1 saturated carbocycles. The number of hydrogen-bond acceptors (Lipinski definition) is 5. The summed E-state index contributed by atoms with van der Waals surface area (Å²) in [6.07, 6.45) is 1.75. The average molecular weight is 402 g/mol. The van der Waals surface area contributed by atoms with E-state index in [-0.39, 0.29) is 35.8 Å². The van der Waals surface area contributed by atoms with Crippen LogP contribution in [0.2, 0.25) is 0 Å². The Kier molecular flexibility index (Phi) is 4.70. The van der Waals surface area contributed by atoms with Crippen LogP contribution in [0.25, 0.3) is 11.1 Å². The van der Waals surface area contributed by atoms with Gasteiger partial charge in [0.15, 0.2) is 0 Å². The van der Waals surface area contributed by atoms with Crippen molar-refractivity contribution in [3.8, 4) is 11.1 Å². The molecule has 29 heavy (non-hydrogen) atoms. The summed E-state index contributed by atoms with van der Waals surface area (Å²) >= 11 is 0. The number of nitrogens with zero attached hydrogens (tertiary/aromatic N) is 2. The zero-order valence-electron chi connectivity index (χ0n) is 15.7. The number of nitrogens with two attached hydrogens (primary N) is 1. The summed E-state index contributed by atoms with van der Waals surface area (Å²) in [7, 11) is 0. The number of nitrogens with one attached hydrogen (secondary N) is 1. The Labute approximate surface area is 165 Å². The first-order valence-corrected chi connectivity index (χ1v) is 9.24. The Morgan fingerprint density at radius 2 is 2.03 bits per heavy atom. The average Bonchev–Trinajstić information content (AvgIpc) is 3.30. The lowest BCUT2D eigenvalue weighted by molar-refractivity contribution is -0.119. The highest BCUT2D eigenvalue weighted by molar-refractivity contribution is 5.90. The molecule has 1 aromatic heterocycles. The van der Waals surface area contributed by atoms with E-state index >= 15 is 0 Å². The van der Waals surface area contributed by atoms with E-state index in [1.165, 1.54) is 13.1 Å². The quantitative estimate of drug-likeness (QED) is 0.801. The van der Waals surface area contributed by atoms with Crippen molar-refractivity contribution in [3.05, 3.63) is 47.8 Å². The van der Waals surface area contributed by atoms with Crippen molar-refractivity contribution in [2.24, 2.45) is 5.73 Å². The molecule has 2 fully saturated rings. The van der Waals surface area contributed by atoms with Crippen molar-refractivity contribution < 1.29 is 23.1 Å². The number of halogens is 2. The van der Waals surface area contributed by atoms with Gasteiger partial charge < -0.3 is 15.8 Å². The molecule has 4 rings (SSSR count). The van der Waals surface area contributed by atoms with E-state index in [0.29, 0.717) is 5.69 Å². The Balaban J connectivity index is 1.56. The van der Waals surface area contributed by atoms with E-state index < -0.39 is 29.4 Å². The smallest absolute Gasteiger partial charge is 0.414 e. The van der Waals surface area contributed by atoms with E-state index in [4.69, 9.17) is 10.5 Å². The second-order valence-corrected chi connectivity index (χ2v) is 7.43. The highest BCUT2D eigenvalue weighted by Crippen LogP contribution is 2.42. The fourth-order valence-corrected chi connectivity index (χ4v) is 3.31. The standard InChI is InChI=1S/C20H20F2N4O3/c1-11(27)24-9-14-10-26(19(28)29-14)13-6-15(21)18(16(22)7-13)12-2-3-17(25-8-12)20(23)4-5-20/h2-3,6-8,14H,4-5,9-10,23H2,1H3,(H,24,27)/t14-/m0/s1. The van der Waals surface area contributed by atoms with Crippen LogP contribution in [-0.4, -0.2) is 36.2 Å². The number of rotatable bonds is 5. The van der Waals surface area contributed by atoms with Crippen LogP contribution in [0.1, 0.15) is 25.5 Å². The van der Waals surface area contributed by atoms with Gasteiger partial charge in [-0.2, -0.15) is 0 Å². The van der Waals surface area contributed by atoms with Crippen molar-refractivity contribution in [2.45, 2.75) is 31.4 Å². The van der Waals surface area contributed by atoms with Gasteiger partial charge in [0.2, 0.25) is 5.91 Å². The summed E-state index contributed by atoms with van der Waals surface area (Å²) in [6, 6.07) is 5.43. The monoisotopic (exact) mass is 402 g/mol. The molecule has 3 N–H and O–H groups in total. The molecule has 2 aromatic rings. The minimum atomic E-state index is -0.818. The third-order valence-corrected chi connectivity index (χ3v) is 5.14. The number of carbonyl (C=O) groups excluding carboxylic acids is 2. The molecule has 0 spiro atoms. The minimum Gasteiger partial charge on any atom is -0.442 e. The van der Waals surface area contributed by atoms with E-state index in [2.05, 4.69) is 10.3 Å². The van der Waals surface area contributed by atoms with E-state index in [0.717, 1.165) is 29.9 Å². The van der Waals surface area contributed by atoms with Gasteiger partial charge in [-0.1, -0.05) is 6.07 Å². The number of hydrogen-bond donors (Lipinski definition) is 2. The van der Waals surface area contributed by atoms with Crippen molar-refractivity contribution in [1.82, 2.24) is 10.3 Å².